The van der Waals surface area contributed by atoms with E-state index in [-0.39, 0.29) is 11.5 Å². The van der Waals surface area contributed by atoms with Crippen LogP contribution in [-0.4, -0.2) is 34.8 Å². The lowest BCUT2D eigenvalue weighted by molar-refractivity contribution is 0.0268. The Hall–Kier alpha value is -1.69. The minimum Gasteiger partial charge on any atom is -0.444 e. The molecule has 1 N–H and O–H groups in total. The summed E-state index contributed by atoms with van der Waals surface area (Å²) in [4.78, 5) is 13.5. The van der Waals surface area contributed by atoms with E-state index in [1.54, 1.807) is 20.8 Å². The van der Waals surface area contributed by atoms with Gasteiger partial charge in [0, 0.05) is 25.1 Å². The zero-order chi connectivity index (χ0) is 16.5. The van der Waals surface area contributed by atoms with Crippen molar-refractivity contribution in [1.29, 1.82) is 0 Å². The van der Waals surface area contributed by atoms with Gasteiger partial charge in [0.25, 0.3) is 0 Å². The quantitative estimate of drug-likeness (QED) is 0.912. The van der Waals surface area contributed by atoms with Crippen molar-refractivity contribution in [1.82, 2.24) is 4.90 Å². The van der Waals surface area contributed by atoms with Crippen molar-refractivity contribution in [3.63, 3.8) is 0 Å². The number of aliphatic hydroxyl groups is 1. The Balaban J connectivity index is 2.02. The van der Waals surface area contributed by atoms with Gasteiger partial charge in [-0.2, -0.15) is 0 Å². The molecule has 4 nitrogen and oxygen atoms in total. The lowest BCUT2D eigenvalue weighted by atomic mass is 9.95. The molecule has 122 valence electrons. The number of halogens is 2. The van der Waals surface area contributed by atoms with Crippen LogP contribution in [0.1, 0.15) is 38.9 Å². The Kier molecular flexibility index (Phi) is 4.70. The minimum atomic E-state index is -1.02. The number of carbonyl (C=O) groups excluding carboxylic acids is 1. The molecule has 1 aliphatic heterocycles. The summed E-state index contributed by atoms with van der Waals surface area (Å²) in [6.07, 6.45) is -0.899. The van der Waals surface area contributed by atoms with Crippen molar-refractivity contribution in [3.8, 4) is 0 Å². The molecule has 0 aliphatic carbocycles. The number of hydrogen-bond donors (Lipinski definition) is 1. The first kappa shape index (κ1) is 16.7. The summed E-state index contributed by atoms with van der Waals surface area (Å²) in [6, 6.07) is 2.99. The second-order valence-electron chi connectivity index (χ2n) is 6.62. The molecule has 2 atom stereocenters. The van der Waals surface area contributed by atoms with Crippen LogP contribution in [0.3, 0.4) is 0 Å². The second-order valence-corrected chi connectivity index (χ2v) is 6.62. The standard InChI is InChI=1S/C16H21F2NO3/c1-16(2,3)22-15(21)19-5-4-10(9-19)14(20)11-6-12(17)8-13(18)7-11/h6-8,10,14,20H,4-5,9H2,1-3H3. The van der Waals surface area contributed by atoms with Crippen LogP contribution in [0.2, 0.25) is 0 Å². The van der Waals surface area contributed by atoms with E-state index in [4.69, 9.17) is 4.74 Å². The first-order valence-electron chi connectivity index (χ1n) is 7.28. The predicted octanol–water partition coefficient (Wildman–Crippen LogP) is 3.26. The van der Waals surface area contributed by atoms with Crippen LogP contribution >= 0.6 is 0 Å². The Morgan fingerprint density at radius 2 is 1.91 bits per heavy atom. The smallest absolute Gasteiger partial charge is 0.410 e. The molecule has 2 unspecified atom stereocenters. The maximum atomic E-state index is 13.2. The van der Waals surface area contributed by atoms with E-state index < -0.39 is 29.4 Å². The molecule has 0 aromatic heterocycles. The Labute approximate surface area is 128 Å². The molecule has 2 rings (SSSR count). The molecule has 1 amide bonds. The number of amides is 1. The van der Waals surface area contributed by atoms with Gasteiger partial charge in [0.15, 0.2) is 0 Å². The number of ether oxygens (including phenoxy) is 1. The van der Waals surface area contributed by atoms with E-state index in [2.05, 4.69) is 0 Å². The number of nitrogens with zero attached hydrogens (tertiary/aromatic N) is 1. The lowest BCUT2D eigenvalue weighted by Gasteiger charge is -2.25. The number of aliphatic hydroxyl groups excluding tert-OH is 1. The molecule has 0 saturated carbocycles. The molecule has 0 spiro atoms. The molecule has 0 radical (unpaired) electrons. The fourth-order valence-corrected chi connectivity index (χ4v) is 2.56. The number of carbonyl (C=O) groups is 1. The summed E-state index contributed by atoms with van der Waals surface area (Å²) in [5.74, 6) is -1.72. The Morgan fingerprint density at radius 1 is 1.32 bits per heavy atom. The highest BCUT2D eigenvalue weighted by Crippen LogP contribution is 2.31. The summed E-state index contributed by atoms with van der Waals surface area (Å²) in [5.41, 5.74) is -0.395. The van der Waals surface area contributed by atoms with Crippen LogP contribution in [0, 0.1) is 17.6 Å². The molecule has 1 aromatic rings. The van der Waals surface area contributed by atoms with Gasteiger partial charge in [0.1, 0.15) is 17.2 Å². The second kappa shape index (κ2) is 6.20. The average molecular weight is 313 g/mol. The zero-order valence-corrected chi connectivity index (χ0v) is 13.0. The van der Waals surface area contributed by atoms with Crippen LogP contribution < -0.4 is 0 Å². The van der Waals surface area contributed by atoms with E-state index in [0.717, 1.165) is 18.2 Å². The van der Waals surface area contributed by atoms with Gasteiger partial charge in [0.2, 0.25) is 0 Å². The molecule has 6 heteroatoms. The fraction of sp³-hybridized carbons (Fsp3) is 0.562. The third-order valence-electron chi connectivity index (χ3n) is 3.55. The van der Waals surface area contributed by atoms with Gasteiger partial charge in [-0.1, -0.05) is 0 Å². The lowest BCUT2D eigenvalue weighted by Crippen LogP contribution is -2.35. The van der Waals surface area contributed by atoms with Crippen LogP contribution in [0.25, 0.3) is 0 Å². The van der Waals surface area contributed by atoms with Crippen LogP contribution in [0.4, 0.5) is 13.6 Å². The van der Waals surface area contributed by atoms with Gasteiger partial charge < -0.3 is 14.7 Å². The highest BCUT2D eigenvalue weighted by molar-refractivity contribution is 5.68. The number of benzene rings is 1. The van der Waals surface area contributed by atoms with E-state index in [9.17, 15) is 18.7 Å². The van der Waals surface area contributed by atoms with Gasteiger partial charge in [-0.15, -0.1) is 0 Å². The normalized spacial score (nSPS) is 20.1. The summed E-state index contributed by atoms with van der Waals surface area (Å²) >= 11 is 0. The highest BCUT2D eigenvalue weighted by atomic mass is 19.1. The van der Waals surface area contributed by atoms with E-state index in [1.807, 2.05) is 0 Å². The molecular formula is C16H21F2NO3. The van der Waals surface area contributed by atoms with E-state index in [1.165, 1.54) is 4.90 Å². The molecule has 1 fully saturated rings. The van der Waals surface area contributed by atoms with Crippen LogP contribution in [0.5, 0.6) is 0 Å². The summed E-state index contributed by atoms with van der Waals surface area (Å²) < 4.78 is 31.7. The minimum absolute atomic E-state index is 0.188. The van der Waals surface area contributed by atoms with Crippen molar-refractivity contribution in [3.05, 3.63) is 35.4 Å². The molecule has 0 bridgehead atoms. The van der Waals surface area contributed by atoms with Gasteiger partial charge in [-0.25, -0.2) is 13.6 Å². The van der Waals surface area contributed by atoms with Gasteiger partial charge in [0.05, 0.1) is 6.10 Å². The average Bonchev–Trinajstić information content (AvgIpc) is 2.84. The molecule has 1 heterocycles. The van der Waals surface area contributed by atoms with Gasteiger partial charge in [-0.05, 0) is 44.9 Å². The Bertz CT molecular complexity index is 537. The van der Waals surface area contributed by atoms with Crippen molar-refractivity contribution in [2.45, 2.75) is 38.9 Å². The molecular weight excluding hydrogens is 292 g/mol. The van der Waals surface area contributed by atoms with E-state index >= 15 is 0 Å². The van der Waals surface area contributed by atoms with Crippen molar-refractivity contribution >= 4 is 6.09 Å². The molecule has 22 heavy (non-hydrogen) atoms. The monoisotopic (exact) mass is 313 g/mol. The van der Waals surface area contributed by atoms with E-state index in [0.29, 0.717) is 19.5 Å². The zero-order valence-electron chi connectivity index (χ0n) is 13.0. The third kappa shape index (κ3) is 4.16. The first-order chi connectivity index (χ1) is 10.2. The number of likely N-dealkylation sites (tertiary alicyclic amines) is 1. The molecule has 1 aliphatic rings. The number of hydrogen-bond acceptors (Lipinski definition) is 3. The van der Waals surface area contributed by atoms with Gasteiger partial charge in [-0.3, -0.25) is 0 Å². The van der Waals surface area contributed by atoms with Gasteiger partial charge >= 0.3 is 6.09 Å². The fourth-order valence-electron chi connectivity index (χ4n) is 2.56. The maximum absolute atomic E-state index is 13.2. The molecule has 1 aromatic carbocycles. The van der Waals surface area contributed by atoms with Crippen molar-refractivity contribution < 1.29 is 23.4 Å². The third-order valence-corrected chi connectivity index (χ3v) is 3.55. The number of rotatable bonds is 2. The SMILES string of the molecule is CC(C)(C)OC(=O)N1CCC(C(O)c2cc(F)cc(F)c2)C1. The maximum Gasteiger partial charge on any atom is 0.410 e. The summed E-state index contributed by atoms with van der Waals surface area (Å²) in [7, 11) is 0. The first-order valence-corrected chi connectivity index (χ1v) is 7.28. The van der Waals surface area contributed by atoms with Crippen LogP contribution in [0.15, 0.2) is 18.2 Å². The topological polar surface area (TPSA) is 49.8 Å². The summed E-state index contributed by atoms with van der Waals surface area (Å²) in [6.45, 7) is 6.09. The summed E-state index contributed by atoms with van der Waals surface area (Å²) in [5, 5.41) is 10.3. The van der Waals surface area contributed by atoms with Crippen molar-refractivity contribution in [2.24, 2.45) is 5.92 Å². The molecule has 1 saturated heterocycles. The van der Waals surface area contributed by atoms with Crippen molar-refractivity contribution in [2.75, 3.05) is 13.1 Å². The highest BCUT2D eigenvalue weighted by Gasteiger charge is 2.34. The van der Waals surface area contributed by atoms with Crippen LogP contribution in [-0.2, 0) is 4.74 Å². The predicted molar refractivity (Wildman–Crippen MR) is 77.2 cm³/mol. The Morgan fingerprint density at radius 3 is 2.45 bits per heavy atom. The largest absolute Gasteiger partial charge is 0.444 e.